The fourth-order valence-corrected chi connectivity index (χ4v) is 2.07. The first kappa shape index (κ1) is 14.3. The molecule has 1 aromatic carbocycles. The van der Waals surface area contributed by atoms with Crippen LogP contribution in [0.25, 0.3) is 10.9 Å². The number of hydrogen-bond acceptors (Lipinski definition) is 5. The first-order valence-electron chi connectivity index (χ1n) is 5.91. The molecule has 0 amide bonds. The van der Waals surface area contributed by atoms with Gasteiger partial charge < -0.3 is 0 Å². The minimum atomic E-state index is 1.06. The van der Waals surface area contributed by atoms with Crippen molar-refractivity contribution in [3.8, 4) is 0 Å². The summed E-state index contributed by atoms with van der Waals surface area (Å²) in [4.78, 5) is 11.7. The Morgan fingerprint density at radius 2 is 1.35 bits per heavy atom. The second-order valence-corrected chi connectivity index (χ2v) is 5.06. The van der Waals surface area contributed by atoms with Crippen LogP contribution in [0.1, 0.15) is 0 Å². The smallest absolute Gasteiger partial charge is 0.0791 e. The van der Waals surface area contributed by atoms with E-state index in [9.17, 15) is 0 Å². The lowest BCUT2D eigenvalue weighted by molar-refractivity contribution is 1.41. The molecule has 100 valence electrons. The summed E-state index contributed by atoms with van der Waals surface area (Å²) in [6.45, 7) is 0. The van der Waals surface area contributed by atoms with Crippen molar-refractivity contribution in [2.75, 3.05) is 0 Å². The molecule has 3 nitrogen and oxygen atoms in total. The minimum absolute atomic E-state index is 1.06. The molecule has 0 aliphatic rings. The van der Waals surface area contributed by atoms with Crippen molar-refractivity contribution in [3.63, 3.8) is 0 Å². The van der Waals surface area contributed by atoms with Gasteiger partial charge in [-0.05, 0) is 12.1 Å². The molecule has 0 N–H and O–H groups in total. The van der Waals surface area contributed by atoms with E-state index in [1.165, 1.54) is 5.39 Å². The first-order valence-corrected chi connectivity index (χ1v) is 7.79. The summed E-state index contributed by atoms with van der Waals surface area (Å²) in [5, 5.41) is 5.06. The van der Waals surface area contributed by atoms with Crippen LogP contribution in [-0.4, -0.2) is 15.0 Å². The van der Waals surface area contributed by atoms with Crippen molar-refractivity contribution in [2.24, 2.45) is 0 Å². The lowest BCUT2D eigenvalue weighted by Gasteiger charge is -1.91. The Bertz CT molecular complexity index is 553. The minimum Gasteiger partial charge on any atom is -0.256 e. The number of benzene rings is 1. The topological polar surface area (TPSA) is 38.7 Å². The SMILES string of the molecule is c1ccc2ncccc2c1.c1cscn1.c1cscn1. The van der Waals surface area contributed by atoms with Gasteiger partial charge >= 0.3 is 0 Å². The van der Waals surface area contributed by atoms with Gasteiger partial charge in [-0.25, -0.2) is 0 Å². The lowest BCUT2D eigenvalue weighted by atomic mass is 10.2. The van der Waals surface area contributed by atoms with Gasteiger partial charge in [-0.3, -0.25) is 15.0 Å². The van der Waals surface area contributed by atoms with Gasteiger partial charge in [0, 0.05) is 34.7 Å². The van der Waals surface area contributed by atoms with Crippen molar-refractivity contribution >= 4 is 33.6 Å². The van der Waals surface area contributed by atoms with Crippen LogP contribution in [0.2, 0.25) is 0 Å². The highest BCUT2D eigenvalue weighted by Crippen LogP contribution is 2.07. The Hall–Kier alpha value is -2.11. The quantitative estimate of drug-likeness (QED) is 0.479. The summed E-state index contributed by atoms with van der Waals surface area (Å²) in [6, 6.07) is 12.1. The summed E-state index contributed by atoms with van der Waals surface area (Å²) in [7, 11) is 0. The largest absolute Gasteiger partial charge is 0.256 e. The Labute approximate surface area is 125 Å². The Morgan fingerprint density at radius 3 is 1.85 bits per heavy atom. The van der Waals surface area contributed by atoms with E-state index in [1.54, 1.807) is 46.1 Å². The molecule has 20 heavy (non-hydrogen) atoms. The van der Waals surface area contributed by atoms with Crippen molar-refractivity contribution < 1.29 is 0 Å². The maximum atomic E-state index is 4.18. The molecule has 3 aromatic heterocycles. The second kappa shape index (κ2) is 8.90. The summed E-state index contributed by atoms with van der Waals surface area (Å²) < 4.78 is 0. The fraction of sp³-hybridized carbons (Fsp3) is 0. The van der Waals surface area contributed by atoms with Crippen LogP contribution < -0.4 is 0 Å². The molecule has 0 radical (unpaired) electrons. The summed E-state index contributed by atoms with van der Waals surface area (Å²) in [5.74, 6) is 0. The normalized spacial score (nSPS) is 9.00. The molecule has 4 aromatic rings. The summed E-state index contributed by atoms with van der Waals surface area (Å²) in [6.07, 6.45) is 5.34. The molecule has 0 spiro atoms. The third-order valence-electron chi connectivity index (χ3n) is 2.21. The predicted molar refractivity (Wildman–Crippen MR) is 86.0 cm³/mol. The van der Waals surface area contributed by atoms with E-state index in [2.05, 4.69) is 27.1 Å². The molecule has 0 saturated heterocycles. The monoisotopic (exact) mass is 299 g/mol. The zero-order chi connectivity index (χ0) is 13.9. The van der Waals surface area contributed by atoms with Crippen molar-refractivity contribution in [2.45, 2.75) is 0 Å². The number of aromatic nitrogens is 3. The van der Waals surface area contributed by atoms with E-state index in [4.69, 9.17) is 0 Å². The fourth-order valence-electron chi connectivity index (χ4n) is 1.37. The van der Waals surface area contributed by atoms with Gasteiger partial charge in [0.05, 0.1) is 16.5 Å². The molecule has 0 fully saturated rings. The van der Waals surface area contributed by atoms with Crippen LogP contribution in [0, 0.1) is 0 Å². The van der Waals surface area contributed by atoms with E-state index in [-0.39, 0.29) is 0 Å². The first-order chi connectivity index (χ1) is 9.97. The molecule has 0 saturated carbocycles. The molecule has 0 aliphatic carbocycles. The van der Waals surface area contributed by atoms with Gasteiger partial charge in [0.25, 0.3) is 0 Å². The Balaban J connectivity index is 0.000000124. The van der Waals surface area contributed by atoms with E-state index in [0.717, 1.165) is 5.52 Å². The number of fused-ring (bicyclic) bond motifs is 1. The summed E-state index contributed by atoms with van der Waals surface area (Å²) >= 11 is 3.20. The molecule has 4 rings (SSSR count). The van der Waals surface area contributed by atoms with E-state index >= 15 is 0 Å². The Morgan fingerprint density at radius 1 is 0.700 bits per heavy atom. The van der Waals surface area contributed by atoms with Crippen LogP contribution in [-0.2, 0) is 0 Å². The van der Waals surface area contributed by atoms with Gasteiger partial charge in [-0.2, -0.15) is 0 Å². The number of nitrogens with zero attached hydrogens (tertiary/aromatic N) is 3. The molecular formula is C15H13N3S2. The predicted octanol–water partition coefficient (Wildman–Crippen LogP) is 4.52. The van der Waals surface area contributed by atoms with E-state index in [0.29, 0.717) is 0 Å². The Kier molecular flexibility index (Phi) is 6.36. The maximum absolute atomic E-state index is 4.18. The van der Waals surface area contributed by atoms with Crippen LogP contribution >= 0.6 is 22.7 Å². The number of para-hydroxylation sites is 1. The van der Waals surface area contributed by atoms with Gasteiger partial charge in [0.15, 0.2) is 0 Å². The van der Waals surface area contributed by atoms with Gasteiger partial charge in [0.2, 0.25) is 0 Å². The van der Waals surface area contributed by atoms with Gasteiger partial charge in [-0.1, -0.05) is 24.3 Å². The third-order valence-corrected chi connectivity index (χ3v) is 3.25. The van der Waals surface area contributed by atoms with E-state index in [1.807, 2.05) is 41.2 Å². The summed E-state index contributed by atoms with van der Waals surface area (Å²) in [5.41, 5.74) is 4.64. The van der Waals surface area contributed by atoms with Crippen LogP contribution in [0.5, 0.6) is 0 Å². The zero-order valence-electron chi connectivity index (χ0n) is 10.7. The molecule has 0 aliphatic heterocycles. The van der Waals surface area contributed by atoms with Crippen molar-refractivity contribution in [3.05, 3.63) is 76.8 Å². The number of thiazole rings is 2. The molecule has 0 bridgehead atoms. The molecule has 5 heteroatoms. The number of hydrogen-bond donors (Lipinski definition) is 0. The number of rotatable bonds is 0. The highest BCUT2D eigenvalue weighted by molar-refractivity contribution is 7.07. The van der Waals surface area contributed by atoms with Crippen LogP contribution in [0.4, 0.5) is 0 Å². The molecule has 3 heterocycles. The standard InChI is InChI=1S/C9H7N.2C3H3NS/c1-2-6-9-8(4-1)5-3-7-10-9;2*1-2-5-3-4-1/h1-7H;2*1-3H. The zero-order valence-corrected chi connectivity index (χ0v) is 12.3. The van der Waals surface area contributed by atoms with Gasteiger partial charge in [0.1, 0.15) is 0 Å². The van der Waals surface area contributed by atoms with Crippen LogP contribution in [0.3, 0.4) is 0 Å². The highest BCUT2D eigenvalue weighted by atomic mass is 32.1. The highest BCUT2D eigenvalue weighted by Gasteiger charge is 1.86. The second-order valence-electron chi connectivity index (χ2n) is 3.55. The third kappa shape index (κ3) is 5.26. The molecule has 0 atom stereocenters. The molecular weight excluding hydrogens is 286 g/mol. The molecule has 0 unspecified atom stereocenters. The van der Waals surface area contributed by atoms with Crippen LogP contribution in [0.15, 0.2) is 76.8 Å². The average molecular weight is 299 g/mol. The van der Waals surface area contributed by atoms with Gasteiger partial charge in [-0.15, -0.1) is 22.7 Å². The van der Waals surface area contributed by atoms with Crippen molar-refractivity contribution in [1.82, 2.24) is 15.0 Å². The van der Waals surface area contributed by atoms with Crippen molar-refractivity contribution in [1.29, 1.82) is 0 Å². The lowest BCUT2D eigenvalue weighted by Crippen LogP contribution is -1.73. The average Bonchev–Trinajstić information content (AvgIpc) is 3.25. The van der Waals surface area contributed by atoms with E-state index < -0.39 is 0 Å². The number of pyridine rings is 1. The maximum Gasteiger partial charge on any atom is 0.0791 e.